The zero-order chi connectivity index (χ0) is 10.4. The van der Waals surface area contributed by atoms with Crippen LogP contribution in [0.2, 0.25) is 0 Å². The fourth-order valence-corrected chi connectivity index (χ4v) is 3.19. The second-order valence-corrected chi connectivity index (χ2v) is 6.59. The maximum absolute atomic E-state index is 11.2. The van der Waals surface area contributed by atoms with Gasteiger partial charge in [0.25, 0.3) is 0 Å². The van der Waals surface area contributed by atoms with E-state index in [1.807, 2.05) is 0 Å². The van der Waals surface area contributed by atoms with Crippen LogP contribution in [0.3, 0.4) is 0 Å². The van der Waals surface area contributed by atoms with Crippen LogP contribution in [0, 0.1) is 0 Å². The molecular formula is C7H9ClO5S. The van der Waals surface area contributed by atoms with Crippen LogP contribution in [0.25, 0.3) is 0 Å². The number of carbonyl (C=O) groups is 1. The third-order valence-electron chi connectivity index (χ3n) is 2.57. The van der Waals surface area contributed by atoms with Crippen molar-refractivity contribution in [3.8, 4) is 0 Å². The molecule has 14 heavy (non-hydrogen) atoms. The number of hydrogen-bond acceptors (Lipinski definition) is 5. The van der Waals surface area contributed by atoms with Crippen molar-refractivity contribution in [2.45, 2.75) is 30.1 Å². The molecule has 0 aromatic carbocycles. The van der Waals surface area contributed by atoms with Crippen molar-refractivity contribution in [3.63, 3.8) is 0 Å². The van der Waals surface area contributed by atoms with Gasteiger partial charge in [0.15, 0.2) is 0 Å². The molecular weight excluding hydrogens is 232 g/mol. The van der Waals surface area contributed by atoms with Crippen LogP contribution in [0.15, 0.2) is 0 Å². The minimum absolute atomic E-state index is 0.118. The minimum Gasteiger partial charge on any atom is -0.430 e. The third kappa shape index (κ3) is 1.68. The number of cyclic esters (lactones) is 2. The molecule has 1 heterocycles. The smallest absolute Gasteiger partial charge is 0.430 e. The van der Waals surface area contributed by atoms with E-state index in [9.17, 15) is 13.2 Å². The molecule has 0 radical (unpaired) electrons. The van der Waals surface area contributed by atoms with Gasteiger partial charge in [0.05, 0.1) is 4.75 Å². The summed E-state index contributed by atoms with van der Waals surface area (Å²) in [7, 11) is 1.72. The van der Waals surface area contributed by atoms with Crippen molar-refractivity contribution in [2.24, 2.45) is 0 Å². The summed E-state index contributed by atoms with van der Waals surface area (Å²) in [4.78, 5) is 10.6. The lowest BCUT2D eigenvalue weighted by Gasteiger charge is -2.13. The van der Waals surface area contributed by atoms with Crippen molar-refractivity contribution in [3.05, 3.63) is 0 Å². The van der Waals surface area contributed by atoms with Crippen LogP contribution in [-0.4, -0.2) is 32.0 Å². The molecule has 0 amide bonds. The largest absolute Gasteiger partial charge is 0.508 e. The van der Waals surface area contributed by atoms with E-state index in [0.717, 1.165) is 0 Å². The molecule has 1 aliphatic heterocycles. The number of halogens is 1. The summed E-state index contributed by atoms with van der Waals surface area (Å²) in [6, 6.07) is 0. The Bertz CT molecular complexity index is 358. The van der Waals surface area contributed by atoms with Crippen molar-refractivity contribution in [2.75, 3.05) is 6.61 Å². The lowest BCUT2D eigenvalue weighted by Crippen LogP contribution is -2.26. The predicted molar refractivity (Wildman–Crippen MR) is 47.6 cm³/mol. The van der Waals surface area contributed by atoms with Crippen LogP contribution in [0.4, 0.5) is 4.79 Å². The maximum Gasteiger partial charge on any atom is 0.508 e. The summed E-state index contributed by atoms with van der Waals surface area (Å²) in [5.74, 6) is 0. The number of hydrogen-bond donors (Lipinski definition) is 0. The molecule has 2 fully saturated rings. The molecule has 0 bridgehead atoms. The van der Waals surface area contributed by atoms with Crippen LogP contribution >= 0.6 is 10.7 Å². The second-order valence-electron chi connectivity index (χ2n) is 3.63. The van der Waals surface area contributed by atoms with Gasteiger partial charge < -0.3 is 9.47 Å². The zero-order valence-electron chi connectivity index (χ0n) is 7.23. The first-order valence-electron chi connectivity index (χ1n) is 4.21. The van der Waals surface area contributed by atoms with Gasteiger partial charge >= 0.3 is 6.16 Å². The molecule has 7 heteroatoms. The molecule has 1 aliphatic carbocycles. The van der Waals surface area contributed by atoms with E-state index in [1.54, 1.807) is 0 Å². The number of rotatable bonds is 3. The molecule has 1 saturated heterocycles. The van der Waals surface area contributed by atoms with E-state index in [0.29, 0.717) is 12.8 Å². The summed E-state index contributed by atoms with van der Waals surface area (Å²) in [6.07, 6.45) is 0.0981. The van der Waals surface area contributed by atoms with Crippen LogP contribution < -0.4 is 0 Å². The van der Waals surface area contributed by atoms with E-state index >= 15 is 0 Å². The third-order valence-corrected chi connectivity index (χ3v) is 5.17. The van der Waals surface area contributed by atoms with Crippen molar-refractivity contribution in [1.29, 1.82) is 0 Å². The SMILES string of the molecule is O=C1OCC(CC2(S(=O)(=O)Cl)CC2)O1. The maximum atomic E-state index is 11.2. The van der Waals surface area contributed by atoms with Crippen molar-refractivity contribution in [1.82, 2.24) is 0 Å². The number of carbonyl (C=O) groups excluding carboxylic acids is 1. The summed E-state index contributed by atoms with van der Waals surface area (Å²) < 4.78 is 30.8. The van der Waals surface area contributed by atoms with Gasteiger partial charge in [-0.05, 0) is 12.8 Å². The Morgan fingerprint density at radius 2 is 2.14 bits per heavy atom. The molecule has 5 nitrogen and oxygen atoms in total. The highest BCUT2D eigenvalue weighted by Gasteiger charge is 2.56. The molecule has 2 rings (SSSR count). The minimum atomic E-state index is -3.57. The highest BCUT2D eigenvalue weighted by Crippen LogP contribution is 2.49. The van der Waals surface area contributed by atoms with Crippen LogP contribution in [-0.2, 0) is 18.5 Å². The first kappa shape index (κ1) is 10.0. The lowest BCUT2D eigenvalue weighted by atomic mass is 10.2. The molecule has 2 aliphatic rings. The Morgan fingerprint density at radius 3 is 2.50 bits per heavy atom. The van der Waals surface area contributed by atoms with E-state index < -0.39 is 26.1 Å². The van der Waals surface area contributed by atoms with Gasteiger partial charge in [0.2, 0.25) is 9.05 Å². The summed E-state index contributed by atoms with van der Waals surface area (Å²) >= 11 is 0. The highest BCUT2D eigenvalue weighted by atomic mass is 35.7. The first-order valence-corrected chi connectivity index (χ1v) is 6.52. The average molecular weight is 241 g/mol. The Hall–Kier alpha value is -0.490. The van der Waals surface area contributed by atoms with Crippen molar-refractivity contribution < 1.29 is 22.7 Å². The predicted octanol–water partition coefficient (Wildman–Crippen LogP) is 1.01. The van der Waals surface area contributed by atoms with Crippen molar-refractivity contribution >= 4 is 25.9 Å². The Labute approximate surface area is 85.7 Å². The Balaban J connectivity index is 2.02. The molecule has 0 spiro atoms. The molecule has 1 saturated carbocycles. The first-order chi connectivity index (χ1) is 6.43. The topological polar surface area (TPSA) is 69.7 Å². The molecule has 1 atom stereocenters. The van der Waals surface area contributed by atoms with E-state index in [1.165, 1.54) is 0 Å². The van der Waals surface area contributed by atoms with Gasteiger partial charge in [-0.25, -0.2) is 13.2 Å². The lowest BCUT2D eigenvalue weighted by molar-refractivity contribution is 0.115. The fraction of sp³-hybridized carbons (Fsp3) is 0.857. The van der Waals surface area contributed by atoms with Gasteiger partial charge in [0, 0.05) is 17.1 Å². The quantitative estimate of drug-likeness (QED) is 0.544. The van der Waals surface area contributed by atoms with E-state index in [2.05, 4.69) is 4.74 Å². The van der Waals surface area contributed by atoms with Gasteiger partial charge in [-0.3, -0.25) is 0 Å². The standard InChI is InChI=1S/C7H9ClO5S/c8-14(10,11)7(1-2-7)3-5-4-12-6(9)13-5/h5H,1-4H2. The van der Waals surface area contributed by atoms with Gasteiger partial charge in [0.1, 0.15) is 12.7 Å². The molecule has 0 aromatic heterocycles. The normalized spacial score (nSPS) is 29.5. The summed E-state index contributed by atoms with van der Waals surface area (Å²) in [5, 5.41) is 0. The molecule has 1 unspecified atom stereocenters. The molecule has 80 valence electrons. The van der Waals surface area contributed by atoms with Crippen LogP contribution in [0.5, 0.6) is 0 Å². The summed E-state index contributed by atoms with van der Waals surface area (Å²) in [5.41, 5.74) is 0. The fourth-order valence-electron chi connectivity index (χ4n) is 1.57. The highest BCUT2D eigenvalue weighted by molar-refractivity contribution is 8.15. The van der Waals surface area contributed by atoms with Gasteiger partial charge in [-0.2, -0.15) is 0 Å². The van der Waals surface area contributed by atoms with E-state index in [-0.39, 0.29) is 13.0 Å². The molecule has 0 N–H and O–H groups in total. The second kappa shape index (κ2) is 3.00. The van der Waals surface area contributed by atoms with Gasteiger partial charge in [-0.1, -0.05) is 0 Å². The summed E-state index contributed by atoms with van der Waals surface area (Å²) in [6.45, 7) is 0.118. The Morgan fingerprint density at radius 1 is 1.50 bits per heavy atom. The van der Waals surface area contributed by atoms with E-state index in [4.69, 9.17) is 15.4 Å². The Kier molecular flexibility index (Phi) is 2.15. The average Bonchev–Trinajstić information content (AvgIpc) is 2.71. The number of ether oxygens (including phenoxy) is 2. The zero-order valence-corrected chi connectivity index (χ0v) is 8.81. The van der Waals surface area contributed by atoms with Gasteiger partial charge in [-0.15, -0.1) is 0 Å². The monoisotopic (exact) mass is 240 g/mol. The molecule has 0 aromatic rings. The van der Waals surface area contributed by atoms with Crippen LogP contribution in [0.1, 0.15) is 19.3 Å².